The molecule has 0 spiro atoms. The lowest BCUT2D eigenvalue weighted by molar-refractivity contribution is -0.133. The number of aryl methyl sites for hydroxylation is 1. The number of amides is 1. The summed E-state index contributed by atoms with van der Waals surface area (Å²) in [6.45, 7) is 1.53. The van der Waals surface area contributed by atoms with Gasteiger partial charge in [0, 0.05) is 11.1 Å². The number of aliphatic hydroxyl groups is 2. The number of fused-ring (bicyclic) bond motifs is 1. The number of ketones is 1. The van der Waals surface area contributed by atoms with Crippen LogP contribution in [0.15, 0.2) is 36.4 Å². The van der Waals surface area contributed by atoms with Gasteiger partial charge in [-0.05, 0) is 18.6 Å². The van der Waals surface area contributed by atoms with Crippen LogP contribution in [0.5, 0.6) is 5.75 Å². The molecule has 1 unspecified atom stereocenters. The van der Waals surface area contributed by atoms with E-state index in [9.17, 15) is 19.8 Å². The smallest absolute Gasteiger partial charge is 0.261 e. The van der Waals surface area contributed by atoms with Crippen molar-refractivity contribution in [3.05, 3.63) is 58.7 Å². The summed E-state index contributed by atoms with van der Waals surface area (Å²) in [7, 11) is 1.44. The third-order valence-electron chi connectivity index (χ3n) is 4.46. The zero-order valence-corrected chi connectivity index (χ0v) is 14.0. The van der Waals surface area contributed by atoms with Crippen LogP contribution in [0.3, 0.4) is 0 Å². The molecular formula is C19H19NO5. The molecule has 6 nitrogen and oxygen atoms in total. The molecule has 1 aliphatic rings. The maximum Gasteiger partial charge on any atom is 0.261 e. The van der Waals surface area contributed by atoms with E-state index >= 15 is 0 Å². The Balaban J connectivity index is 2.04. The molecule has 0 saturated carbocycles. The Morgan fingerprint density at radius 3 is 2.48 bits per heavy atom. The van der Waals surface area contributed by atoms with Crippen LogP contribution < -0.4 is 10.1 Å². The highest BCUT2D eigenvalue weighted by Gasteiger charge is 2.49. The lowest BCUT2D eigenvalue weighted by atomic mass is 9.85. The fourth-order valence-electron chi connectivity index (χ4n) is 3.10. The van der Waals surface area contributed by atoms with Crippen LogP contribution in [0, 0.1) is 6.92 Å². The van der Waals surface area contributed by atoms with Gasteiger partial charge < -0.3 is 20.3 Å². The second-order valence-corrected chi connectivity index (χ2v) is 6.12. The van der Waals surface area contributed by atoms with Gasteiger partial charge in [0.2, 0.25) is 0 Å². The zero-order chi connectivity index (χ0) is 18.2. The fourth-order valence-corrected chi connectivity index (χ4v) is 3.10. The van der Waals surface area contributed by atoms with E-state index in [-0.39, 0.29) is 18.0 Å². The van der Waals surface area contributed by atoms with Gasteiger partial charge >= 0.3 is 0 Å². The molecule has 0 radical (unpaired) electrons. The van der Waals surface area contributed by atoms with Crippen molar-refractivity contribution >= 4 is 17.4 Å². The standard InChI is InChI=1S/C19H19NO5/c1-11-3-5-12(6-4-11)14(22)9-19(24)16-13(10-21)7-8-15(25-2)17(16)20-18(19)23/h3-8,21,24H,9-10H2,1-2H3,(H,20,23). The van der Waals surface area contributed by atoms with Gasteiger partial charge in [-0.1, -0.05) is 35.9 Å². The molecule has 1 aliphatic heterocycles. The molecule has 0 fully saturated rings. The van der Waals surface area contributed by atoms with Gasteiger partial charge in [-0.3, -0.25) is 9.59 Å². The Hall–Kier alpha value is -2.70. The SMILES string of the molecule is COc1ccc(CO)c2c1NC(=O)C2(O)CC(=O)c1ccc(C)cc1. The number of anilines is 1. The summed E-state index contributed by atoms with van der Waals surface area (Å²) in [5, 5.41) is 23.2. The van der Waals surface area contributed by atoms with Gasteiger partial charge in [0.1, 0.15) is 5.75 Å². The minimum atomic E-state index is -2.05. The first-order valence-corrected chi connectivity index (χ1v) is 7.85. The predicted octanol–water partition coefficient (Wildman–Crippen LogP) is 1.91. The largest absolute Gasteiger partial charge is 0.495 e. The number of benzene rings is 2. The number of ether oxygens (including phenoxy) is 1. The van der Waals surface area contributed by atoms with Gasteiger partial charge in [0.15, 0.2) is 11.4 Å². The highest BCUT2D eigenvalue weighted by atomic mass is 16.5. The Labute approximate surface area is 145 Å². The third kappa shape index (κ3) is 2.79. The molecular weight excluding hydrogens is 322 g/mol. The van der Waals surface area contributed by atoms with Crippen LogP contribution in [0.25, 0.3) is 0 Å². The minimum Gasteiger partial charge on any atom is -0.495 e. The van der Waals surface area contributed by atoms with Crippen LogP contribution in [-0.2, 0) is 17.0 Å². The number of methoxy groups -OCH3 is 1. The van der Waals surface area contributed by atoms with E-state index in [1.54, 1.807) is 36.4 Å². The van der Waals surface area contributed by atoms with Gasteiger partial charge in [-0.15, -0.1) is 0 Å². The molecule has 0 aromatic heterocycles. The van der Waals surface area contributed by atoms with Crippen LogP contribution in [0.2, 0.25) is 0 Å². The molecule has 0 saturated heterocycles. The molecule has 0 aliphatic carbocycles. The Morgan fingerprint density at radius 1 is 1.20 bits per heavy atom. The fraction of sp³-hybridized carbons (Fsp3) is 0.263. The molecule has 130 valence electrons. The van der Waals surface area contributed by atoms with Crippen molar-refractivity contribution in [2.45, 2.75) is 25.6 Å². The number of Topliss-reactive ketones (excluding diaryl/α,β-unsaturated/α-hetero) is 1. The lowest BCUT2D eigenvalue weighted by Gasteiger charge is -2.22. The number of aliphatic hydroxyl groups excluding tert-OH is 1. The second-order valence-electron chi connectivity index (χ2n) is 6.12. The zero-order valence-electron chi connectivity index (χ0n) is 14.0. The monoisotopic (exact) mass is 341 g/mol. The first-order chi connectivity index (χ1) is 11.9. The topological polar surface area (TPSA) is 95.9 Å². The molecule has 6 heteroatoms. The van der Waals surface area contributed by atoms with Crippen molar-refractivity contribution in [2.24, 2.45) is 0 Å². The lowest BCUT2D eigenvalue weighted by Crippen LogP contribution is -2.37. The van der Waals surface area contributed by atoms with E-state index in [4.69, 9.17) is 4.74 Å². The number of carbonyl (C=O) groups is 2. The minimum absolute atomic E-state index is 0.194. The maximum atomic E-state index is 12.6. The highest BCUT2D eigenvalue weighted by molar-refractivity contribution is 6.10. The van der Waals surface area contributed by atoms with E-state index in [2.05, 4.69) is 5.32 Å². The molecule has 1 atom stereocenters. The average Bonchev–Trinajstić information content (AvgIpc) is 2.86. The number of hydrogen-bond donors (Lipinski definition) is 3. The average molecular weight is 341 g/mol. The second kappa shape index (κ2) is 6.31. The number of rotatable bonds is 5. The molecule has 25 heavy (non-hydrogen) atoms. The Bertz CT molecular complexity index is 844. The first-order valence-electron chi connectivity index (χ1n) is 7.85. The van der Waals surface area contributed by atoms with Gasteiger partial charge in [0.05, 0.1) is 25.8 Å². The summed E-state index contributed by atoms with van der Waals surface area (Å²) in [6.07, 6.45) is -0.422. The molecule has 2 aromatic rings. The summed E-state index contributed by atoms with van der Waals surface area (Å²) in [5.74, 6) is -0.710. The van der Waals surface area contributed by atoms with E-state index in [0.717, 1.165) is 5.56 Å². The van der Waals surface area contributed by atoms with Gasteiger partial charge in [0.25, 0.3) is 5.91 Å². The third-order valence-corrected chi connectivity index (χ3v) is 4.46. The van der Waals surface area contributed by atoms with E-state index < -0.39 is 17.9 Å². The maximum absolute atomic E-state index is 12.6. The van der Waals surface area contributed by atoms with Crippen molar-refractivity contribution in [3.8, 4) is 5.75 Å². The Morgan fingerprint density at radius 2 is 1.88 bits per heavy atom. The Kier molecular flexibility index (Phi) is 4.32. The summed E-state index contributed by atoms with van der Waals surface area (Å²) < 4.78 is 5.21. The van der Waals surface area contributed by atoms with Crippen molar-refractivity contribution in [2.75, 3.05) is 12.4 Å². The van der Waals surface area contributed by atoms with Crippen LogP contribution in [0.1, 0.15) is 33.5 Å². The quantitative estimate of drug-likeness (QED) is 0.722. The van der Waals surface area contributed by atoms with Gasteiger partial charge in [-0.25, -0.2) is 0 Å². The molecule has 3 N–H and O–H groups in total. The summed E-state index contributed by atoms with van der Waals surface area (Å²) in [4.78, 5) is 25.1. The van der Waals surface area contributed by atoms with Gasteiger partial charge in [-0.2, -0.15) is 0 Å². The van der Waals surface area contributed by atoms with Crippen LogP contribution in [-0.4, -0.2) is 29.0 Å². The molecule has 2 aromatic carbocycles. The van der Waals surface area contributed by atoms with E-state index in [0.29, 0.717) is 22.6 Å². The highest BCUT2D eigenvalue weighted by Crippen LogP contribution is 2.46. The van der Waals surface area contributed by atoms with Crippen LogP contribution in [0.4, 0.5) is 5.69 Å². The summed E-state index contributed by atoms with van der Waals surface area (Å²) in [6, 6.07) is 10.1. The number of hydrogen-bond acceptors (Lipinski definition) is 5. The van der Waals surface area contributed by atoms with Crippen molar-refractivity contribution < 1.29 is 24.5 Å². The number of carbonyl (C=O) groups excluding carboxylic acids is 2. The predicted molar refractivity (Wildman–Crippen MR) is 91.6 cm³/mol. The van der Waals surface area contributed by atoms with Crippen molar-refractivity contribution in [1.29, 1.82) is 0 Å². The first kappa shape index (κ1) is 17.1. The van der Waals surface area contributed by atoms with Crippen molar-refractivity contribution in [1.82, 2.24) is 0 Å². The van der Waals surface area contributed by atoms with E-state index in [1.165, 1.54) is 7.11 Å². The number of nitrogens with one attached hydrogen (secondary N) is 1. The summed E-state index contributed by atoms with van der Waals surface area (Å²) >= 11 is 0. The summed E-state index contributed by atoms with van der Waals surface area (Å²) in [5.41, 5.74) is 0.218. The molecule has 3 rings (SSSR count). The molecule has 1 heterocycles. The van der Waals surface area contributed by atoms with Crippen molar-refractivity contribution in [3.63, 3.8) is 0 Å². The van der Waals surface area contributed by atoms with Crippen LogP contribution >= 0.6 is 0 Å². The molecule has 0 bridgehead atoms. The normalized spacial score (nSPS) is 18.6. The molecule has 1 amide bonds. The van der Waals surface area contributed by atoms with E-state index in [1.807, 2.05) is 6.92 Å².